The Labute approximate surface area is 170 Å². The monoisotopic (exact) mass is 385 g/mol. The molecule has 0 aliphatic heterocycles. The molecule has 0 aliphatic carbocycles. The Morgan fingerprint density at radius 3 is 2.31 bits per heavy atom. The number of ether oxygens (including phenoxy) is 1. The Kier molecular flexibility index (Phi) is 7.18. The molecule has 0 atom stereocenters. The molecular formula is C24H23N3O2. The second-order valence-electron chi connectivity index (χ2n) is 6.20. The van der Waals surface area contributed by atoms with Crippen LogP contribution >= 0.6 is 0 Å². The number of methoxy groups -OCH3 is 1. The lowest BCUT2D eigenvalue weighted by Crippen LogP contribution is -2.27. The van der Waals surface area contributed by atoms with Gasteiger partial charge in [0, 0.05) is 5.56 Å². The first-order chi connectivity index (χ1) is 14.3. The van der Waals surface area contributed by atoms with Crippen molar-refractivity contribution in [2.45, 2.75) is 0 Å². The van der Waals surface area contributed by atoms with E-state index in [0.717, 1.165) is 16.8 Å². The van der Waals surface area contributed by atoms with E-state index in [4.69, 9.17) is 4.74 Å². The van der Waals surface area contributed by atoms with Gasteiger partial charge in [0.1, 0.15) is 5.75 Å². The van der Waals surface area contributed by atoms with Crippen LogP contribution in [0.1, 0.15) is 11.1 Å². The molecule has 0 radical (unpaired) electrons. The summed E-state index contributed by atoms with van der Waals surface area (Å²) in [7, 11) is 1.59. The lowest BCUT2D eigenvalue weighted by Gasteiger charge is -2.10. The molecule has 3 rings (SSSR count). The summed E-state index contributed by atoms with van der Waals surface area (Å²) in [5, 5.41) is 7.38. The molecule has 5 nitrogen and oxygen atoms in total. The molecule has 0 heterocycles. The van der Waals surface area contributed by atoms with Crippen molar-refractivity contribution in [1.82, 2.24) is 5.43 Å². The Morgan fingerprint density at radius 1 is 0.931 bits per heavy atom. The van der Waals surface area contributed by atoms with Gasteiger partial charge < -0.3 is 10.1 Å². The van der Waals surface area contributed by atoms with Crippen molar-refractivity contribution >= 4 is 23.4 Å². The van der Waals surface area contributed by atoms with Crippen LogP contribution in [0.2, 0.25) is 0 Å². The normalized spacial score (nSPS) is 11.3. The van der Waals surface area contributed by atoms with Crippen LogP contribution in [-0.2, 0) is 4.79 Å². The van der Waals surface area contributed by atoms with Crippen LogP contribution in [0.25, 0.3) is 6.08 Å². The van der Waals surface area contributed by atoms with Crippen LogP contribution in [0.5, 0.6) is 5.75 Å². The number of rotatable bonds is 8. The summed E-state index contributed by atoms with van der Waals surface area (Å²) in [6.45, 7) is 0.0777. The molecule has 0 bridgehead atoms. The topological polar surface area (TPSA) is 62.7 Å². The molecule has 0 saturated carbocycles. The number of carbonyl (C=O) groups is 1. The molecule has 2 N–H and O–H groups in total. The van der Waals surface area contributed by atoms with Crippen LogP contribution in [-0.4, -0.2) is 25.3 Å². The first-order valence-corrected chi connectivity index (χ1v) is 9.28. The van der Waals surface area contributed by atoms with E-state index >= 15 is 0 Å². The number of hydrazone groups is 1. The van der Waals surface area contributed by atoms with E-state index in [0.29, 0.717) is 11.5 Å². The number of hydrogen-bond acceptors (Lipinski definition) is 4. The first-order valence-electron chi connectivity index (χ1n) is 9.28. The van der Waals surface area contributed by atoms with Crippen LogP contribution < -0.4 is 15.5 Å². The summed E-state index contributed by atoms with van der Waals surface area (Å²) in [5.74, 6) is 0.428. The van der Waals surface area contributed by atoms with Gasteiger partial charge in [-0.2, -0.15) is 5.10 Å². The highest BCUT2D eigenvalue weighted by atomic mass is 16.5. The molecule has 29 heavy (non-hydrogen) atoms. The third-order valence-electron chi connectivity index (χ3n) is 4.15. The quantitative estimate of drug-likeness (QED) is 0.448. The van der Waals surface area contributed by atoms with Crippen molar-refractivity contribution in [3.8, 4) is 5.75 Å². The third kappa shape index (κ3) is 6.07. The fraction of sp³-hybridized carbons (Fsp3) is 0.0833. The zero-order valence-electron chi connectivity index (χ0n) is 16.2. The SMILES string of the molecule is COc1ccccc1NCC(=O)NN=C(C=Cc1ccccc1)c1ccccc1. The van der Waals surface area contributed by atoms with E-state index in [1.54, 1.807) is 7.11 Å². The van der Waals surface area contributed by atoms with Crippen molar-refractivity contribution < 1.29 is 9.53 Å². The number of para-hydroxylation sites is 2. The zero-order chi connectivity index (χ0) is 20.3. The van der Waals surface area contributed by atoms with E-state index in [2.05, 4.69) is 15.8 Å². The van der Waals surface area contributed by atoms with Crippen molar-refractivity contribution in [3.63, 3.8) is 0 Å². The summed E-state index contributed by atoms with van der Waals surface area (Å²) < 4.78 is 5.28. The number of benzene rings is 3. The average molecular weight is 385 g/mol. The van der Waals surface area contributed by atoms with E-state index in [-0.39, 0.29) is 12.5 Å². The van der Waals surface area contributed by atoms with E-state index in [1.165, 1.54) is 0 Å². The van der Waals surface area contributed by atoms with Crippen molar-refractivity contribution in [2.75, 3.05) is 19.0 Å². The zero-order valence-corrected chi connectivity index (χ0v) is 16.2. The fourth-order valence-electron chi connectivity index (χ4n) is 2.67. The van der Waals surface area contributed by atoms with Crippen molar-refractivity contribution in [2.24, 2.45) is 5.10 Å². The first kappa shape index (κ1) is 19.9. The summed E-state index contributed by atoms with van der Waals surface area (Å²) in [6.07, 6.45) is 3.85. The lowest BCUT2D eigenvalue weighted by molar-refractivity contribution is -0.119. The van der Waals surface area contributed by atoms with Gasteiger partial charge in [-0.3, -0.25) is 4.79 Å². The summed E-state index contributed by atoms with van der Waals surface area (Å²) in [5.41, 5.74) is 6.01. The molecule has 146 valence electrons. The van der Waals surface area contributed by atoms with Crippen molar-refractivity contribution in [3.05, 3.63) is 102 Å². The summed E-state index contributed by atoms with van der Waals surface area (Å²) in [6, 6.07) is 27.1. The molecule has 5 heteroatoms. The van der Waals surface area contributed by atoms with Crippen molar-refractivity contribution in [1.29, 1.82) is 0 Å². The van der Waals surface area contributed by atoms with Gasteiger partial charge in [0.05, 0.1) is 25.1 Å². The van der Waals surface area contributed by atoms with Gasteiger partial charge in [0.25, 0.3) is 5.91 Å². The van der Waals surface area contributed by atoms with E-state index in [1.807, 2.05) is 97.1 Å². The number of carbonyl (C=O) groups excluding carboxylic acids is 1. The number of hydrogen-bond donors (Lipinski definition) is 2. The summed E-state index contributed by atoms with van der Waals surface area (Å²) in [4.78, 5) is 12.3. The molecule has 0 unspecified atom stereocenters. The maximum absolute atomic E-state index is 12.3. The molecule has 0 spiro atoms. The van der Waals surface area contributed by atoms with Gasteiger partial charge in [-0.25, -0.2) is 5.43 Å². The Bertz CT molecular complexity index is 983. The molecule has 0 aromatic heterocycles. The predicted octanol–water partition coefficient (Wildman–Crippen LogP) is 4.34. The molecule has 0 fully saturated rings. The van der Waals surface area contributed by atoms with Gasteiger partial charge in [-0.15, -0.1) is 0 Å². The Morgan fingerprint density at radius 2 is 1.59 bits per heavy atom. The van der Waals surface area contributed by atoms with Gasteiger partial charge >= 0.3 is 0 Å². The lowest BCUT2D eigenvalue weighted by atomic mass is 10.1. The van der Waals surface area contributed by atoms with Crippen LogP contribution in [0.4, 0.5) is 5.69 Å². The van der Waals surface area contributed by atoms with Crippen LogP contribution in [0, 0.1) is 0 Å². The fourth-order valence-corrected chi connectivity index (χ4v) is 2.67. The predicted molar refractivity (Wildman–Crippen MR) is 118 cm³/mol. The summed E-state index contributed by atoms with van der Waals surface area (Å²) >= 11 is 0. The van der Waals surface area contributed by atoms with Gasteiger partial charge in [-0.1, -0.05) is 78.9 Å². The minimum Gasteiger partial charge on any atom is -0.495 e. The van der Waals surface area contributed by atoms with E-state index in [9.17, 15) is 4.79 Å². The molecule has 0 saturated heterocycles. The van der Waals surface area contributed by atoms with Gasteiger partial charge in [-0.05, 0) is 23.8 Å². The maximum atomic E-state index is 12.3. The van der Waals surface area contributed by atoms with Crippen LogP contribution in [0.3, 0.4) is 0 Å². The number of nitrogens with one attached hydrogen (secondary N) is 2. The number of nitrogens with zero attached hydrogens (tertiary/aromatic N) is 1. The molecular weight excluding hydrogens is 362 g/mol. The minimum atomic E-state index is -0.252. The smallest absolute Gasteiger partial charge is 0.259 e. The average Bonchev–Trinajstić information content (AvgIpc) is 2.79. The second-order valence-corrected chi connectivity index (χ2v) is 6.20. The molecule has 1 amide bonds. The number of amides is 1. The van der Waals surface area contributed by atoms with E-state index < -0.39 is 0 Å². The number of anilines is 1. The molecule has 0 aliphatic rings. The highest BCUT2D eigenvalue weighted by Gasteiger charge is 2.05. The standard InChI is InChI=1S/C24H23N3O2/c1-29-23-15-9-8-14-22(23)25-18-24(28)27-26-21(20-12-6-3-7-13-20)17-16-19-10-4-2-5-11-19/h2-17,25H,18H2,1H3,(H,27,28). The third-order valence-corrected chi connectivity index (χ3v) is 4.15. The van der Waals surface area contributed by atoms with Crippen LogP contribution in [0.15, 0.2) is 96.1 Å². The Hall–Kier alpha value is -3.86. The highest BCUT2D eigenvalue weighted by molar-refractivity contribution is 6.11. The minimum absolute atomic E-state index is 0.0777. The maximum Gasteiger partial charge on any atom is 0.259 e. The number of allylic oxidation sites excluding steroid dienone is 1. The molecule has 3 aromatic carbocycles. The largest absolute Gasteiger partial charge is 0.495 e. The second kappa shape index (κ2) is 10.5. The molecule has 3 aromatic rings. The Balaban J connectivity index is 1.69. The van der Waals surface area contributed by atoms with Gasteiger partial charge in [0.15, 0.2) is 0 Å². The van der Waals surface area contributed by atoms with Gasteiger partial charge in [0.2, 0.25) is 0 Å². The highest BCUT2D eigenvalue weighted by Crippen LogP contribution is 2.22.